The van der Waals surface area contributed by atoms with Gasteiger partial charge in [0, 0.05) is 18.7 Å². The maximum Gasteiger partial charge on any atom is 0.251 e. The summed E-state index contributed by atoms with van der Waals surface area (Å²) in [7, 11) is 1.61. The molecule has 2 unspecified atom stereocenters. The molecule has 1 aliphatic carbocycles. The summed E-state index contributed by atoms with van der Waals surface area (Å²) in [6, 6.07) is 5.93. The first-order valence-electron chi connectivity index (χ1n) is 6.03. The number of nitrogens with two attached hydrogens (primary N) is 1. The zero-order valence-corrected chi connectivity index (χ0v) is 10.3. The first kappa shape index (κ1) is 11.8. The largest absolute Gasteiger partial charge is 0.397 e. The second kappa shape index (κ2) is 4.65. The molecule has 2 rings (SSSR count). The summed E-state index contributed by atoms with van der Waals surface area (Å²) in [4.78, 5) is 11.4. The Labute approximate surface area is 102 Å². The topological polar surface area (TPSA) is 67.2 Å². The van der Waals surface area contributed by atoms with Crippen LogP contribution in [0.3, 0.4) is 0 Å². The van der Waals surface area contributed by atoms with Gasteiger partial charge in [-0.15, -0.1) is 0 Å². The fourth-order valence-corrected chi connectivity index (χ4v) is 2.06. The third-order valence-electron chi connectivity index (χ3n) is 3.33. The van der Waals surface area contributed by atoms with Crippen molar-refractivity contribution in [3.8, 4) is 0 Å². The van der Waals surface area contributed by atoms with E-state index in [9.17, 15) is 4.79 Å². The SMILES string of the molecule is CCC1CC1Nc1ccc(C(=O)NC)cc1N. The molecule has 4 N–H and O–H groups in total. The Morgan fingerprint density at radius 1 is 1.53 bits per heavy atom. The first-order chi connectivity index (χ1) is 8.15. The van der Waals surface area contributed by atoms with Crippen LogP contribution >= 0.6 is 0 Å². The van der Waals surface area contributed by atoms with Crippen molar-refractivity contribution in [1.29, 1.82) is 0 Å². The number of hydrogen-bond acceptors (Lipinski definition) is 3. The lowest BCUT2D eigenvalue weighted by Crippen LogP contribution is -2.18. The summed E-state index contributed by atoms with van der Waals surface area (Å²) < 4.78 is 0. The van der Waals surface area contributed by atoms with Gasteiger partial charge in [0.25, 0.3) is 5.91 Å². The van der Waals surface area contributed by atoms with Crippen molar-refractivity contribution in [2.45, 2.75) is 25.8 Å². The van der Waals surface area contributed by atoms with E-state index in [1.807, 2.05) is 6.07 Å². The second-order valence-electron chi connectivity index (χ2n) is 4.54. The lowest BCUT2D eigenvalue weighted by atomic mass is 10.1. The van der Waals surface area contributed by atoms with Gasteiger partial charge in [-0.1, -0.05) is 13.3 Å². The molecule has 1 amide bonds. The van der Waals surface area contributed by atoms with Gasteiger partial charge in [0.2, 0.25) is 0 Å². The van der Waals surface area contributed by atoms with Crippen LogP contribution in [0.15, 0.2) is 18.2 Å². The average molecular weight is 233 g/mol. The molecule has 4 heteroatoms. The molecule has 2 atom stereocenters. The molecule has 4 nitrogen and oxygen atoms in total. The molecule has 1 fully saturated rings. The molecule has 0 saturated heterocycles. The highest BCUT2D eigenvalue weighted by Gasteiger charge is 2.35. The van der Waals surface area contributed by atoms with Crippen molar-refractivity contribution in [3.05, 3.63) is 23.8 Å². The molecule has 0 spiro atoms. The lowest BCUT2D eigenvalue weighted by molar-refractivity contribution is 0.0963. The van der Waals surface area contributed by atoms with Crippen LogP contribution in [0.5, 0.6) is 0 Å². The number of carbonyl (C=O) groups is 1. The van der Waals surface area contributed by atoms with Crippen molar-refractivity contribution >= 4 is 17.3 Å². The summed E-state index contributed by atoms with van der Waals surface area (Å²) in [6.07, 6.45) is 2.42. The Hall–Kier alpha value is -1.71. The van der Waals surface area contributed by atoms with E-state index >= 15 is 0 Å². The van der Waals surface area contributed by atoms with E-state index in [1.165, 1.54) is 12.8 Å². The minimum absolute atomic E-state index is 0.110. The highest BCUT2D eigenvalue weighted by Crippen LogP contribution is 2.37. The highest BCUT2D eigenvalue weighted by atomic mass is 16.1. The summed E-state index contributed by atoms with van der Waals surface area (Å²) >= 11 is 0. The Bertz CT molecular complexity index is 431. The van der Waals surface area contributed by atoms with Gasteiger partial charge in [0.15, 0.2) is 0 Å². The maximum atomic E-state index is 11.4. The summed E-state index contributed by atoms with van der Waals surface area (Å²) in [6.45, 7) is 2.20. The van der Waals surface area contributed by atoms with Gasteiger partial charge in [-0.05, 0) is 30.5 Å². The fraction of sp³-hybridized carbons (Fsp3) is 0.462. The van der Waals surface area contributed by atoms with Gasteiger partial charge < -0.3 is 16.4 Å². The molecule has 0 aromatic heterocycles. The molecule has 0 radical (unpaired) electrons. The van der Waals surface area contributed by atoms with E-state index in [0.29, 0.717) is 17.3 Å². The van der Waals surface area contributed by atoms with Crippen molar-refractivity contribution in [2.24, 2.45) is 5.92 Å². The Balaban J connectivity index is 2.07. The maximum absolute atomic E-state index is 11.4. The molecule has 0 bridgehead atoms. The summed E-state index contributed by atoms with van der Waals surface area (Å²) in [5, 5.41) is 5.99. The van der Waals surface area contributed by atoms with Crippen LogP contribution in [0.25, 0.3) is 0 Å². The number of nitrogen functional groups attached to an aromatic ring is 1. The van der Waals surface area contributed by atoms with Crippen molar-refractivity contribution in [3.63, 3.8) is 0 Å². The molecular weight excluding hydrogens is 214 g/mol. The van der Waals surface area contributed by atoms with Crippen LogP contribution in [0.1, 0.15) is 30.1 Å². The third kappa shape index (κ3) is 2.52. The van der Waals surface area contributed by atoms with Crippen LogP contribution in [-0.2, 0) is 0 Å². The Morgan fingerprint density at radius 3 is 2.82 bits per heavy atom. The van der Waals surface area contributed by atoms with Crippen LogP contribution in [-0.4, -0.2) is 19.0 Å². The molecule has 1 aliphatic rings. The summed E-state index contributed by atoms with van der Waals surface area (Å²) in [5.41, 5.74) is 8.09. The molecule has 0 heterocycles. The zero-order chi connectivity index (χ0) is 12.4. The number of amides is 1. The smallest absolute Gasteiger partial charge is 0.251 e. The predicted octanol–water partition coefficient (Wildman–Crippen LogP) is 1.84. The van der Waals surface area contributed by atoms with Crippen LogP contribution < -0.4 is 16.4 Å². The molecule has 1 aromatic carbocycles. The van der Waals surface area contributed by atoms with E-state index in [-0.39, 0.29) is 5.91 Å². The third-order valence-corrected chi connectivity index (χ3v) is 3.33. The monoisotopic (exact) mass is 233 g/mol. The van der Waals surface area contributed by atoms with E-state index in [0.717, 1.165) is 11.6 Å². The molecule has 0 aliphatic heterocycles. The molecule has 1 saturated carbocycles. The second-order valence-corrected chi connectivity index (χ2v) is 4.54. The van der Waals surface area contributed by atoms with Crippen LogP contribution in [0, 0.1) is 5.92 Å². The molecule has 1 aromatic rings. The molecule has 92 valence electrons. The van der Waals surface area contributed by atoms with Gasteiger partial charge in [0.05, 0.1) is 11.4 Å². The molecular formula is C13H19N3O. The number of anilines is 2. The van der Waals surface area contributed by atoms with Crippen molar-refractivity contribution < 1.29 is 4.79 Å². The van der Waals surface area contributed by atoms with Gasteiger partial charge in [-0.3, -0.25) is 4.79 Å². The lowest BCUT2D eigenvalue weighted by Gasteiger charge is -2.10. The van der Waals surface area contributed by atoms with Gasteiger partial charge >= 0.3 is 0 Å². The Morgan fingerprint density at radius 2 is 2.29 bits per heavy atom. The minimum atomic E-state index is -0.110. The first-order valence-corrected chi connectivity index (χ1v) is 6.03. The number of nitrogens with one attached hydrogen (secondary N) is 2. The van der Waals surface area contributed by atoms with Gasteiger partial charge in [0.1, 0.15) is 0 Å². The van der Waals surface area contributed by atoms with E-state index in [4.69, 9.17) is 5.73 Å². The minimum Gasteiger partial charge on any atom is -0.397 e. The summed E-state index contributed by atoms with van der Waals surface area (Å²) in [5.74, 6) is 0.661. The Kier molecular flexibility index (Phi) is 3.22. The number of carbonyl (C=O) groups excluding carboxylic acids is 1. The quantitative estimate of drug-likeness (QED) is 0.695. The van der Waals surface area contributed by atoms with Crippen LogP contribution in [0.4, 0.5) is 11.4 Å². The van der Waals surface area contributed by atoms with Crippen molar-refractivity contribution in [2.75, 3.05) is 18.1 Å². The van der Waals surface area contributed by atoms with Gasteiger partial charge in [-0.2, -0.15) is 0 Å². The standard InChI is InChI=1S/C13H19N3O/c1-3-8-7-12(8)16-11-5-4-9(6-10(11)14)13(17)15-2/h4-6,8,12,16H,3,7,14H2,1-2H3,(H,15,17). The predicted molar refractivity (Wildman–Crippen MR) is 70.1 cm³/mol. The normalized spacial score (nSPS) is 22.0. The van der Waals surface area contributed by atoms with Crippen LogP contribution in [0.2, 0.25) is 0 Å². The fourth-order valence-electron chi connectivity index (χ4n) is 2.06. The van der Waals surface area contributed by atoms with Gasteiger partial charge in [-0.25, -0.2) is 0 Å². The van der Waals surface area contributed by atoms with E-state index in [1.54, 1.807) is 19.2 Å². The average Bonchev–Trinajstić information content (AvgIpc) is 3.09. The molecule has 17 heavy (non-hydrogen) atoms. The number of rotatable bonds is 4. The van der Waals surface area contributed by atoms with E-state index < -0.39 is 0 Å². The highest BCUT2D eigenvalue weighted by molar-refractivity contribution is 5.95. The van der Waals surface area contributed by atoms with E-state index in [2.05, 4.69) is 17.6 Å². The zero-order valence-electron chi connectivity index (χ0n) is 10.3. The number of hydrogen-bond donors (Lipinski definition) is 3. The number of benzene rings is 1. The van der Waals surface area contributed by atoms with Crippen molar-refractivity contribution in [1.82, 2.24) is 5.32 Å².